The maximum atomic E-state index is 12.2. The fraction of sp³-hybridized carbons (Fsp3) is 0.143. The monoisotopic (exact) mass is 273 g/mol. The second kappa shape index (κ2) is 4.51. The highest BCUT2D eigenvalue weighted by atomic mass is 32.1. The molecule has 0 atom stereocenters. The molecule has 5 heteroatoms. The van der Waals surface area contributed by atoms with Gasteiger partial charge in [-0.05, 0) is 18.6 Å². The summed E-state index contributed by atoms with van der Waals surface area (Å²) in [5.41, 5.74) is 4.24. The van der Waals surface area contributed by atoms with Crippen LogP contribution in [0.15, 0.2) is 33.7 Å². The molecule has 3 aromatic rings. The summed E-state index contributed by atoms with van der Waals surface area (Å²) in [7, 11) is 0. The maximum Gasteiger partial charge on any atom is 0.172 e. The minimum Gasteiger partial charge on any atom is -0.507 e. The molecule has 0 aliphatic carbocycles. The summed E-state index contributed by atoms with van der Waals surface area (Å²) < 4.78 is 5.29. The molecule has 2 heterocycles. The average Bonchev–Trinajstić information content (AvgIpc) is 2.99. The van der Waals surface area contributed by atoms with Gasteiger partial charge < -0.3 is 9.52 Å². The van der Waals surface area contributed by atoms with Crippen molar-refractivity contribution in [3.8, 4) is 5.75 Å². The largest absolute Gasteiger partial charge is 0.507 e. The number of benzene rings is 1. The number of hydrogen-bond acceptors (Lipinski definition) is 5. The third-order valence-electron chi connectivity index (χ3n) is 3.01. The van der Waals surface area contributed by atoms with Crippen LogP contribution < -0.4 is 0 Å². The van der Waals surface area contributed by atoms with Crippen LogP contribution in [-0.2, 0) is 6.42 Å². The molecule has 0 aliphatic rings. The topological polar surface area (TPSA) is 63.3 Å². The maximum absolute atomic E-state index is 12.2. The van der Waals surface area contributed by atoms with Crippen molar-refractivity contribution in [3.05, 3.63) is 46.1 Å². The van der Waals surface area contributed by atoms with Gasteiger partial charge in [0.2, 0.25) is 0 Å². The van der Waals surface area contributed by atoms with E-state index in [-0.39, 0.29) is 18.0 Å². The van der Waals surface area contributed by atoms with Gasteiger partial charge in [-0.15, -0.1) is 11.3 Å². The van der Waals surface area contributed by atoms with Crippen molar-refractivity contribution in [1.29, 1.82) is 0 Å². The third kappa shape index (κ3) is 2.13. The summed E-state index contributed by atoms with van der Waals surface area (Å²) >= 11 is 1.45. The number of phenols is 1. The number of hydrogen-bond donors (Lipinski definition) is 1. The number of fused-ring (bicyclic) bond motifs is 1. The molecule has 4 nitrogen and oxygen atoms in total. The quantitative estimate of drug-likeness (QED) is 0.743. The number of phenolic OH excluding ortho intramolecular Hbond substituents is 1. The van der Waals surface area contributed by atoms with Crippen molar-refractivity contribution in [3.63, 3.8) is 0 Å². The van der Waals surface area contributed by atoms with E-state index in [2.05, 4.69) is 4.98 Å². The SMILES string of the molecule is Cc1coc2cc(O)c(C(=O)Cc3cscn3)cc12. The second-order valence-electron chi connectivity index (χ2n) is 4.36. The Hall–Kier alpha value is -2.14. The van der Waals surface area contributed by atoms with Crippen molar-refractivity contribution in [2.75, 3.05) is 0 Å². The van der Waals surface area contributed by atoms with E-state index in [1.165, 1.54) is 17.4 Å². The van der Waals surface area contributed by atoms with Crippen LogP contribution in [-0.4, -0.2) is 15.9 Å². The van der Waals surface area contributed by atoms with Gasteiger partial charge in [0.1, 0.15) is 11.3 Å². The fourth-order valence-corrected chi connectivity index (χ4v) is 2.56. The molecule has 0 spiro atoms. The molecule has 0 saturated heterocycles. The normalized spacial score (nSPS) is 11.0. The van der Waals surface area contributed by atoms with Gasteiger partial charge in [0.15, 0.2) is 5.78 Å². The Bertz CT molecular complexity index is 743. The Morgan fingerprint density at radius 2 is 2.32 bits per heavy atom. The van der Waals surface area contributed by atoms with Crippen LogP contribution in [0.4, 0.5) is 0 Å². The molecule has 0 aliphatic heterocycles. The summed E-state index contributed by atoms with van der Waals surface area (Å²) in [5, 5.41) is 12.6. The number of aromatic nitrogens is 1. The molecule has 0 radical (unpaired) electrons. The number of Topliss-reactive ketones (excluding diaryl/α,β-unsaturated/α-hetero) is 1. The Morgan fingerprint density at radius 3 is 3.05 bits per heavy atom. The van der Waals surface area contributed by atoms with Crippen molar-refractivity contribution in [1.82, 2.24) is 4.98 Å². The molecule has 0 saturated carbocycles. The van der Waals surface area contributed by atoms with Crippen molar-refractivity contribution in [2.45, 2.75) is 13.3 Å². The van der Waals surface area contributed by atoms with E-state index in [0.717, 1.165) is 16.6 Å². The minimum atomic E-state index is -0.147. The number of rotatable bonds is 3. The molecule has 0 fully saturated rings. The van der Waals surface area contributed by atoms with Gasteiger partial charge in [-0.2, -0.15) is 0 Å². The Balaban J connectivity index is 2.01. The number of nitrogens with zero attached hydrogens (tertiary/aromatic N) is 1. The third-order valence-corrected chi connectivity index (χ3v) is 3.65. The van der Waals surface area contributed by atoms with Crippen molar-refractivity contribution in [2.24, 2.45) is 0 Å². The number of aromatic hydroxyl groups is 1. The lowest BCUT2D eigenvalue weighted by atomic mass is 10.0. The standard InChI is InChI=1S/C14H11NO3S/c1-8-5-18-14-4-13(17)11(3-10(8)14)12(16)2-9-6-19-7-15-9/h3-7,17H,2H2,1H3. The number of aryl methyl sites for hydroxylation is 1. The highest BCUT2D eigenvalue weighted by molar-refractivity contribution is 7.07. The first-order valence-corrected chi connectivity index (χ1v) is 6.70. The van der Waals surface area contributed by atoms with E-state index in [4.69, 9.17) is 4.42 Å². The van der Waals surface area contributed by atoms with Gasteiger partial charge in [-0.25, -0.2) is 4.98 Å². The van der Waals surface area contributed by atoms with Crippen LogP contribution in [0.2, 0.25) is 0 Å². The number of furan rings is 1. The van der Waals surface area contributed by atoms with Crippen LogP contribution in [0.25, 0.3) is 11.0 Å². The summed E-state index contributed by atoms with van der Waals surface area (Å²) in [6.45, 7) is 1.90. The van der Waals surface area contributed by atoms with E-state index in [0.29, 0.717) is 11.1 Å². The molecular formula is C14H11NO3S. The predicted octanol–water partition coefficient (Wildman–Crippen LogP) is 3.33. The minimum absolute atomic E-state index is 0.0536. The van der Waals surface area contributed by atoms with Gasteiger partial charge in [-0.1, -0.05) is 0 Å². The molecule has 3 rings (SSSR count). The number of thiazole rings is 1. The lowest BCUT2D eigenvalue weighted by Crippen LogP contribution is -2.04. The van der Waals surface area contributed by atoms with Gasteiger partial charge in [0, 0.05) is 16.8 Å². The van der Waals surface area contributed by atoms with Gasteiger partial charge in [0.05, 0.1) is 29.5 Å². The smallest absolute Gasteiger partial charge is 0.172 e. The molecule has 0 bridgehead atoms. The molecule has 2 aromatic heterocycles. The second-order valence-corrected chi connectivity index (χ2v) is 5.08. The average molecular weight is 273 g/mol. The molecule has 1 aromatic carbocycles. The van der Waals surface area contributed by atoms with Crippen LogP contribution in [0.3, 0.4) is 0 Å². The Kier molecular flexibility index (Phi) is 2.83. The van der Waals surface area contributed by atoms with Crippen LogP contribution in [0, 0.1) is 6.92 Å². The van der Waals surface area contributed by atoms with Crippen LogP contribution >= 0.6 is 11.3 Å². The molecular weight excluding hydrogens is 262 g/mol. The molecule has 0 amide bonds. The summed E-state index contributed by atoms with van der Waals surface area (Å²) in [5.74, 6) is -0.201. The predicted molar refractivity (Wildman–Crippen MR) is 72.8 cm³/mol. The summed E-state index contributed by atoms with van der Waals surface area (Å²) in [4.78, 5) is 16.3. The lowest BCUT2D eigenvalue weighted by molar-refractivity contribution is 0.0989. The molecule has 1 N–H and O–H groups in total. The van der Waals surface area contributed by atoms with Crippen molar-refractivity contribution >= 4 is 28.1 Å². The number of carbonyl (C=O) groups is 1. The van der Waals surface area contributed by atoms with E-state index < -0.39 is 0 Å². The Labute approximate surface area is 113 Å². The first kappa shape index (κ1) is 11.9. The van der Waals surface area contributed by atoms with E-state index in [1.54, 1.807) is 17.8 Å². The zero-order chi connectivity index (χ0) is 13.4. The molecule has 19 heavy (non-hydrogen) atoms. The first-order chi connectivity index (χ1) is 9.15. The highest BCUT2D eigenvalue weighted by Crippen LogP contribution is 2.29. The fourth-order valence-electron chi connectivity index (χ4n) is 2.00. The zero-order valence-corrected chi connectivity index (χ0v) is 11.0. The van der Waals surface area contributed by atoms with Crippen molar-refractivity contribution < 1.29 is 14.3 Å². The lowest BCUT2D eigenvalue weighted by Gasteiger charge is -2.03. The number of carbonyl (C=O) groups excluding carboxylic acids is 1. The van der Waals surface area contributed by atoms with Gasteiger partial charge >= 0.3 is 0 Å². The first-order valence-electron chi connectivity index (χ1n) is 5.76. The van der Waals surface area contributed by atoms with Crippen LogP contribution in [0.1, 0.15) is 21.6 Å². The summed E-state index contributed by atoms with van der Waals surface area (Å²) in [6, 6.07) is 3.16. The van der Waals surface area contributed by atoms with Gasteiger partial charge in [-0.3, -0.25) is 4.79 Å². The highest BCUT2D eigenvalue weighted by Gasteiger charge is 2.16. The molecule has 0 unspecified atom stereocenters. The van der Waals surface area contributed by atoms with Gasteiger partial charge in [0.25, 0.3) is 0 Å². The summed E-state index contributed by atoms with van der Waals surface area (Å²) in [6.07, 6.45) is 1.80. The van der Waals surface area contributed by atoms with E-state index in [9.17, 15) is 9.90 Å². The zero-order valence-electron chi connectivity index (χ0n) is 10.2. The van der Waals surface area contributed by atoms with Crippen LogP contribution in [0.5, 0.6) is 5.75 Å². The number of ketones is 1. The van der Waals surface area contributed by atoms with E-state index in [1.807, 2.05) is 12.3 Å². The Morgan fingerprint density at radius 1 is 1.47 bits per heavy atom. The molecule has 96 valence electrons. The van der Waals surface area contributed by atoms with E-state index >= 15 is 0 Å².